The normalized spacial score (nSPS) is 15.7. The molecule has 2 aromatic heterocycles. The lowest BCUT2D eigenvalue weighted by atomic mass is 10.1. The van der Waals surface area contributed by atoms with Crippen molar-refractivity contribution in [3.8, 4) is 22.8 Å². The quantitative estimate of drug-likeness (QED) is 0.439. The number of carbonyl (C=O) groups excluding carboxylic acids is 1. The summed E-state index contributed by atoms with van der Waals surface area (Å²) in [5.74, 6) is 0.303. The Balaban J connectivity index is 0.00000267. The number of fused-ring (bicyclic) bond motifs is 3. The van der Waals surface area contributed by atoms with E-state index in [4.69, 9.17) is 4.74 Å². The van der Waals surface area contributed by atoms with Gasteiger partial charge in [0.1, 0.15) is 12.4 Å². The summed E-state index contributed by atoms with van der Waals surface area (Å²) in [6, 6.07) is 8.25. The first-order valence-corrected chi connectivity index (χ1v) is 11.5. The molecule has 2 aromatic carbocycles. The van der Waals surface area contributed by atoms with Crippen LogP contribution in [-0.4, -0.2) is 42.3 Å². The van der Waals surface area contributed by atoms with Gasteiger partial charge in [0.25, 0.3) is 5.91 Å². The molecule has 0 bridgehead atoms. The fourth-order valence-corrected chi connectivity index (χ4v) is 4.40. The van der Waals surface area contributed by atoms with E-state index < -0.39 is 17.3 Å². The number of hydrogen-bond donors (Lipinski definition) is 1. The zero-order valence-electron chi connectivity index (χ0n) is 19.6. The molecule has 186 valence electrons. The third kappa shape index (κ3) is 3.92. The van der Waals surface area contributed by atoms with Crippen molar-refractivity contribution in [1.29, 1.82) is 0 Å². The average molecular weight is 490 g/mol. The number of hydrogen-bond acceptors (Lipinski definition) is 6. The minimum absolute atomic E-state index is 0. The number of aryl methyl sites for hydroxylation is 1. The number of aromatic nitrogens is 6. The predicted octanol–water partition coefficient (Wildman–Crippen LogP) is 4.87. The van der Waals surface area contributed by atoms with Crippen LogP contribution in [0.5, 0.6) is 5.75 Å². The molecule has 1 amide bonds. The van der Waals surface area contributed by atoms with Gasteiger partial charge in [0.2, 0.25) is 0 Å². The van der Waals surface area contributed by atoms with Gasteiger partial charge in [0, 0.05) is 12.1 Å². The van der Waals surface area contributed by atoms with Crippen molar-refractivity contribution in [2.45, 2.75) is 52.5 Å². The summed E-state index contributed by atoms with van der Waals surface area (Å²) in [5, 5.41) is 14.9. The molecular weight excluding hydrogens is 461 g/mol. The Bertz CT molecular complexity index is 1470. The molecule has 0 spiro atoms. The molecular formula is C26H28FN7O2. The number of anilines is 1. The fourth-order valence-electron chi connectivity index (χ4n) is 4.40. The van der Waals surface area contributed by atoms with E-state index in [-0.39, 0.29) is 19.6 Å². The Morgan fingerprint density at radius 3 is 2.83 bits per heavy atom. The highest BCUT2D eigenvalue weighted by Gasteiger charge is 2.33. The van der Waals surface area contributed by atoms with Crippen LogP contribution in [0.3, 0.4) is 0 Å². The maximum Gasteiger partial charge on any atom is 0.258 e. The zero-order valence-corrected chi connectivity index (χ0v) is 19.6. The highest BCUT2D eigenvalue weighted by Crippen LogP contribution is 2.41. The SMILES string of the molecule is C.Cc1cc(F)c(C(=O)Nc2cccc3c2OCC(C)(C)n2nnnc2-3)cc1-n1cnc(C2CC2)c1. The van der Waals surface area contributed by atoms with Crippen LogP contribution < -0.4 is 10.1 Å². The van der Waals surface area contributed by atoms with E-state index >= 15 is 0 Å². The second-order valence-electron chi connectivity index (χ2n) is 9.75. The summed E-state index contributed by atoms with van der Waals surface area (Å²) >= 11 is 0. The lowest BCUT2D eigenvalue weighted by Gasteiger charge is -2.22. The van der Waals surface area contributed by atoms with Crippen molar-refractivity contribution in [1.82, 2.24) is 29.8 Å². The van der Waals surface area contributed by atoms with Gasteiger partial charge in [-0.2, -0.15) is 0 Å². The van der Waals surface area contributed by atoms with Crippen molar-refractivity contribution in [2.75, 3.05) is 11.9 Å². The van der Waals surface area contributed by atoms with Gasteiger partial charge in [0.15, 0.2) is 11.6 Å². The van der Waals surface area contributed by atoms with Crippen molar-refractivity contribution in [3.05, 3.63) is 65.5 Å². The number of halogens is 1. The van der Waals surface area contributed by atoms with Gasteiger partial charge < -0.3 is 14.6 Å². The minimum atomic E-state index is -0.598. The molecule has 1 N–H and O–H groups in total. The van der Waals surface area contributed by atoms with Crippen LogP contribution >= 0.6 is 0 Å². The highest BCUT2D eigenvalue weighted by molar-refractivity contribution is 6.06. The van der Waals surface area contributed by atoms with Crippen LogP contribution in [-0.2, 0) is 5.54 Å². The predicted molar refractivity (Wildman–Crippen MR) is 133 cm³/mol. The number of para-hydroxylation sites is 1. The van der Waals surface area contributed by atoms with E-state index in [9.17, 15) is 9.18 Å². The summed E-state index contributed by atoms with van der Waals surface area (Å²) in [6.45, 7) is 6.03. The number of benzene rings is 2. The van der Waals surface area contributed by atoms with E-state index in [1.165, 1.54) is 6.07 Å². The Morgan fingerprint density at radius 2 is 2.06 bits per heavy atom. The number of carbonyl (C=O) groups is 1. The minimum Gasteiger partial charge on any atom is -0.488 e. The molecule has 0 saturated heterocycles. The molecule has 4 aromatic rings. The van der Waals surface area contributed by atoms with Crippen molar-refractivity contribution in [2.24, 2.45) is 0 Å². The smallest absolute Gasteiger partial charge is 0.258 e. The number of imidazole rings is 1. The van der Waals surface area contributed by atoms with Crippen LogP contribution in [0.15, 0.2) is 42.9 Å². The van der Waals surface area contributed by atoms with Gasteiger partial charge in [-0.05, 0) is 73.9 Å². The van der Waals surface area contributed by atoms with Crippen LogP contribution in [0, 0.1) is 12.7 Å². The van der Waals surface area contributed by atoms with Crippen molar-refractivity contribution < 1.29 is 13.9 Å². The third-order valence-electron chi connectivity index (χ3n) is 6.52. The third-order valence-corrected chi connectivity index (χ3v) is 6.52. The summed E-state index contributed by atoms with van der Waals surface area (Å²) in [6.07, 6.45) is 5.95. The largest absolute Gasteiger partial charge is 0.488 e. The Labute approximate surface area is 208 Å². The van der Waals surface area contributed by atoms with E-state index in [1.807, 2.05) is 37.6 Å². The van der Waals surface area contributed by atoms with E-state index in [2.05, 4.69) is 25.8 Å². The number of amides is 1. The summed E-state index contributed by atoms with van der Waals surface area (Å²) in [7, 11) is 0. The first-order chi connectivity index (χ1) is 16.8. The summed E-state index contributed by atoms with van der Waals surface area (Å²) in [4.78, 5) is 17.7. The lowest BCUT2D eigenvalue weighted by molar-refractivity contribution is 0.102. The topological polar surface area (TPSA) is 99.7 Å². The first kappa shape index (κ1) is 23.7. The first-order valence-electron chi connectivity index (χ1n) is 11.5. The van der Waals surface area contributed by atoms with Crippen molar-refractivity contribution in [3.63, 3.8) is 0 Å². The second-order valence-corrected chi connectivity index (χ2v) is 9.75. The van der Waals surface area contributed by atoms with Crippen LogP contribution in [0.2, 0.25) is 0 Å². The number of tetrazole rings is 1. The van der Waals surface area contributed by atoms with Gasteiger partial charge in [-0.15, -0.1) is 5.10 Å². The summed E-state index contributed by atoms with van der Waals surface area (Å²) < 4.78 is 24.6. The van der Waals surface area contributed by atoms with Crippen molar-refractivity contribution >= 4 is 11.6 Å². The van der Waals surface area contributed by atoms with Crippen LogP contribution in [0.1, 0.15) is 61.6 Å². The molecule has 1 aliphatic carbocycles. The number of nitrogens with one attached hydrogen (secondary N) is 1. The highest BCUT2D eigenvalue weighted by atomic mass is 19.1. The molecule has 36 heavy (non-hydrogen) atoms. The monoisotopic (exact) mass is 489 g/mol. The van der Waals surface area contributed by atoms with E-state index in [1.54, 1.807) is 29.2 Å². The molecule has 1 saturated carbocycles. The molecule has 0 atom stereocenters. The van der Waals surface area contributed by atoms with Gasteiger partial charge in [-0.25, -0.2) is 14.1 Å². The van der Waals surface area contributed by atoms with Gasteiger partial charge in [0.05, 0.1) is 40.1 Å². The Kier molecular flexibility index (Phi) is 5.61. The maximum atomic E-state index is 15.0. The molecule has 10 heteroatoms. The standard InChI is InChI=1S/C25H24FN7O2.CH4/c1-14-9-18(26)17(10-21(14)32-11-20(27-13-32)15-7-8-15)24(34)28-19-6-4-5-16-22(19)35-12-25(2,3)33-23(16)29-30-31-33;/h4-6,9-11,13,15H,7-8,12H2,1-3H3,(H,28,34);1H4. The molecule has 2 aliphatic rings. The van der Waals surface area contributed by atoms with Crippen LogP contribution in [0.4, 0.5) is 10.1 Å². The van der Waals surface area contributed by atoms with Gasteiger partial charge in [-0.3, -0.25) is 4.79 Å². The number of nitrogens with zero attached hydrogens (tertiary/aromatic N) is 6. The maximum absolute atomic E-state index is 15.0. The molecule has 1 fully saturated rings. The molecule has 9 nitrogen and oxygen atoms in total. The molecule has 1 aliphatic heterocycles. The molecule has 3 heterocycles. The fraction of sp³-hybridized carbons (Fsp3) is 0.346. The zero-order chi connectivity index (χ0) is 24.3. The average Bonchev–Trinajstić information content (AvgIpc) is 3.36. The molecule has 6 rings (SSSR count). The van der Waals surface area contributed by atoms with E-state index in [0.717, 1.165) is 18.5 Å². The van der Waals surface area contributed by atoms with Gasteiger partial charge in [-0.1, -0.05) is 13.5 Å². The summed E-state index contributed by atoms with van der Waals surface area (Å²) in [5.41, 5.74) is 2.94. The molecule has 0 unspecified atom stereocenters. The number of ether oxygens (including phenoxy) is 1. The Morgan fingerprint density at radius 1 is 1.25 bits per heavy atom. The van der Waals surface area contributed by atoms with E-state index in [0.29, 0.717) is 40.0 Å². The second kappa shape index (κ2) is 8.54. The van der Waals surface area contributed by atoms with Crippen LogP contribution in [0.25, 0.3) is 17.1 Å². The Hall–Kier alpha value is -4.08. The lowest BCUT2D eigenvalue weighted by Crippen LogP contribution is -2.33. The molecule has 0 radical (unpaired) electrons. The van der Waals surface area contributed by atoms with Gasteiger partial charge >= 0.3 is 0 Å². The number of rotatable bonds is 4.